The summed E-state index contributed by atoms with van der Waals surface area (Å²) >= 11 is 0. The fourth-order valence-electron chi connectivity index (χ4n) is 12.1. The number of phenolic OH excluding ortho intramolecular Hbond substituents is 2. The number of hydrogen-bond acceptors (Lipinski definition) is 7. The second-order valence-corrected chi connectivity index (χ2v) is 16.4. The fourth-order valence-corrected chi connectivity index (χ4v) is 12.1. The van der Waals surface area contributed by atoms with Crippen molar-refractivity contribution < 1.29 is 29.6 Å². The van der Waals surface area contributed by atoms with E-state index in [0.29, 0.717) is 69.9 Å². The molecule has 8 nitrogen and oxygen atoms in total. The van der Waals surface area contributed by atoms with E-state index < -0.39 is 5.97 Å². The lowest BCUT2D eigenvalue weighted by Crippen LogP contribution is -2.48. The van der Waals surface area contributed by atoms with Crippen molar-refractivity contribution in [1.29, 1.82) is 0 Å². The molecule has 8 aliphatic rings. The van der Waals surface area contributed by atoms with Gasteiger partial charge in [-0.3, -0.25) is 0 Å². The van der Waals surface area contributed by atoms with Gasteiger partial charge in [-0.15, -0.1) is 0 Å². The largest absolute Gasteiger partial charge is 0.506 e. The van der Waals surface area contributed by atoms with Gasteiger partial charge in [0.2, 0.25) is 0 Å². The summed E-state index contributed by atoms with van der Waals surface area (Å²) in [6, 6.07) is 11.6. The zero-order chi connectivity index (χ0) is 32.2. The maximum Gasteiger partial charge on any atom is 0.335 e. The highest BCUT2D eigenvalue weighted by Gasteiger charge is 2.54. The van der Waals surface area contributed by atoms with E-state index in [1.54, 1.807) is 18.2 Å². The third-order valence-corrected chi connectivity index (χ3v) is 13.1. The first-order chi connectivity index (χ1) is 22.5. The number of nitrogens with two attached hydrogens (primary N) is 2. The smallest absolute Gasteiger partial charge is 0.335 e. The normalized spacial score (nSPS) is 34.5. The SMILES string of the molecule is Nc1cc(C23CC4CC(CC(C4)C2)C3)c(Oc2cc(Oc3cc(O)c(N)cc3C34CC5CC(CC(C5)C3)C4)cc(C(=O)O)c2)cc1O. The molecule has 246 valence electrons. The van der Waals surface area contributed by atoms with Crippen LogP contribution in [0.3, 0.4) is 0 Å². The molecule has 8 aliphatic carbocycles. The van der Waals surface area contributed by atoms with Crippen LogP contribution in [-0.4, -0.2) is 21.3 Å². The molecule has 0 amide bonds. The van der Waals surface area contributed by atoms with Crippen molar-refractivity contribution in [2.45, 2.75) is 87.9 Å². The summed E-state index contributed by atoms with van der Waals surface area (Å²) in [6.45, 7) is 0. The third-order valence-electron chi connectivity index (χ3n) is 13.1. The molecule has 8 bridgehead atoms. The highest BCUT2D eigenvalue weighted by molar-refractivity contribution is 5.88. The van der Waals surface area contributed by atoms with Crippen LogP contribution in [-0.2, 0) is 10.8 Å². The van der Waals surface area contributed by atoms with Crippen LogP contribution in [0, 0.1) is 35.5 Å². The number of phenols is 2. The van der Waals surface area contributed by atoms with Gasteiger partial charge in [-0.2, -0.15) is 0 Å². The Hall–Kier alpha value is -4.07. The Labute approximate surface area is 275 Å². The van der Waals surface area contributed by atoms with Gasteiger partial charge in [0.1, 0.15) is 34.5 Å². The van der Waals surface area contributed by atoms with E-state index in [2.05, 4.69) is 0 Å². The summed E-state index contributed by atoms with van der Waals surface area (Å²) in [4.78, 5) is 12.4. The Morgan fingerprint density at radius 2 is 0.915 bits per heavy atom. The molecule has 11 rings (SSSR count). The molecule has 47 heavy (non-hydrogen) atoms. The van der Waals surface area contributed by atoms with E-state index in [4.69, 9.17) is 20.9 Å². The summed E-state index contributed by atoms with van der Waals surface area (Å²) in [6.07, 6.45) is 14.2. The van der Waals surface area contributed by atoms with E-state index in [9.17, 15) is 20.1 Å². The monoisotopic (exact) mass is 636 g/mol. The van der Waals surface area contributed by atoms with Gasteiger partial charge in [-0.05, 0) is 148 Å². The number of rotatable bonds is 7. The highest BCUT2D eigenvalue weighted by Crippen LogP contribution is 2.64. The maximum atomic E-state index is 12.4. The Balaban J connectivity index is 1.09. The molecule has 0 saturated heterocycles. The van der Waals surface area contributed by atoms with Gasteiger partial charge in [-0.25, -0.2) is 4.79 Å². The molecule has 0 spiro atoms. The number of anilines is 2. The number of aromatic carboxylic acids is 1. The van der Waals surface area contributed by atoms with Crippen LogP contribution in [0.25, 0.3) is 0 Å². The summed E-state index contributed by atoms with van der Waals surface area (Å²) in [5.41, 5.74) is 15.1. The number of carboxylic acid groups (broad SMARTS) is 1. The quantitative estimate of drug-likeness (QED) is 0.128. The minimum absolute atomic E-state index is 0.0181. The van der Waals surface area contributed by atoms with Crippen molar-refractivity contribution in [3.8, 4) is 34.5 Å². The maximum absolute atomic E-state index is 12.4. The average Bonchev–Trinajstić information content (AvgIpc) is 2.99. The van der Waals surface area contributed by atoms with Gasteiger partial charge >= 0.3 is 5.97 Å². The third kappa shape index (κ3) is 4.81. The molecule has 0 unspecified atom stereocenters. The van der Waals surface area contributed by atoms with Gasteiger partial charge in [0.05, 0.1) is 16.9 Å². The highest BCUT2D eigenvalue weighted by atomic mass is 16.5. The zero-order valence-corrected chi connectivity index (χ0v) is 26.7. The fraction of sp³-hybridized carbons (Fsp3) is 0.513. The minimum Gasteiger partial charge on any atom is -0.506 e. The first kappa shape index (κ1) is 29.1. The Morgan fingerprint density at radius 1 is 0.574 bits per heavy atom. The number of aromatic hydroxyl groups is 2. The first-order valence-corrected chi connectivity index (χ1v) is 17.5. The van der Waals surface area contributed by atoms with Gasteiger partial charge in [0.15, 0.2) is 0 Å². The number of carbonyl (C=O) groups is 1. The summed E-state index contributed by atoms with van der Waals surface area (Å²) in [7, 11) is 0. The van der Waals surface area contributed by atoms with Gasteiger partial charge in [0.25, 0.3) is 0 Å². The van der Waals surface area contributed by atoms with Crippen LogP contribution in [0.1, 0.15) is 98.5 Å². The number of carboxylic acids is 1. The Kier molecular flexibility index (Phi) is 6.32. The molecular weight excluding hydrogens is 592 g/mol. The van der Waals surface area contributed by atoms with Crippen LogP contribution >= 0.6 is 0 Å². The zero-order valence-electron chi connectivity index (χ0n) is 26.7. The second kappa shape index (κ2) is 10.2. The molecule has 7 N–H and O–H groups in total. The molecular formula is C39H44N2O6. The molecule has 0 aromatic heterocycles. The van der Waals surface area contributed by atoms with Gasteiger partial charge in [0, 0.05) is 29.3 Å². The van der Waals surface area contributed by atoms with Crippen molar-refractivity contribution in [3.63, 3.8) is 0 Å². The number of hydrogen-bond donors (Lipinski definition) is 5. The molecule has 0 atom stereocenters. The van der Waals surface area contributed by atoms with Crippen molar-refractivity contribution in [2.24, 2.45) is 35.5 Å². The van der Waals surface area contributed by atoms with Crippen molar-refractivity contribution in [3.05, 3.63) is 59.2 Å². The Bertz CT molecular complexity index is 1610. The lowest BCUT2D eigenvalue weighted by molar-refractivity contribution is -0.00608. The molecule has 3 aromatic rings. The number of nitrogen functional groups attached to an aromatic ring is 2. The predicted molar refractivity (Wildman–Crippen MR) is 178 cm³/mol. The van der Waals surface area contributed by atoms with Crippen LogP contribution in [0.2, 0.25) is 0 Å². The topological polar surface area (TPSA) is 148 Å². The lowest BCUT2D eigenvalue weighted by Gasteiger charge is -2.57. The predicted octanol–water partition coefficient (Wildman–Crippen LogP) is 8.48. The van der Waals surface area contributed by atoms with Crippen molar-refractivity contribution in [1.82, 2.24) is 0 Å². The lowest BCUT2D eigenvalue weighted by atomic mass is 9.48. The summed E-state index contributed by atoms with van der Waals surface area (Å²) in [5.74, 6) is 4.54. The van der Waals surface area contributed by atoms with Gasteiger partial charge < -0.3 is 36.3 Å². The van der Waals surface area contributed by atoms with Crippen molar-refractivity contribution >= 4 is 17.3 Å². The molecule has 0 radical (unpaired) electrons. The van der Waals surface area contributed by atoms with E-state index in [1.165, 1.54) is 50.7 Å². The molecule has 0 aliphatic heterocycles. The first-order valence-electron chi connectivity index (χ1n) is 17.5. The van der Waals surface area contributed by atoms with Crippen LogP contribution in [0.4, 0.5) is 11.4 Å². The average molecular weight is 637 g/mol. The van der Waals surface area contributed by atoms with Crippen LogP contribution in [0.5, 0.6) is 34.5 Å². The molecule has 3 aromatic carbocycles. The van der Waals surface area contributed by atoms with Crippen LogP contribution < -0.4 is 20.9 Å². The molecule has 8 fully saturated rings. The summed E-state index contributed by atoms with van der Waals surface area (Å²) in [5, 5.41) is 31.5. The van der Waals surface area contributed by atoms with E-state index in [1.807, 2.05) is 12.1 Å². The van der Waals surface area contributed by atoms with E-state index in [0.717, 1.165) is 49.7 Å². The number of benzene rings is 3. The number of ether oxygens (including phenoxy) is 2. The van der Waals surface area contributed by atoms with E-state index >= 15 is 0 Å². The summed E-state index contributed by atoms with van der Waals surface area (Å²) < 4.78 is 13.1. The van der Waals surface area contributed by atoms with Crippen LogP contribution in [0.15, 0.2) is 42.5 Å². The van der Waals surface area contributed by atoms with Gasteiger partial charge in [-0.1, -0.05) is 0 Å². The minimum atomic E-state index is -1.11. The van der Waals surface area contributed by atoms with Crippen molar-refractivity contribution in [2.75, 3.05) is 11.5 Å². The Morgan fingerprint density at radius 3 is 1.23 bits per heavy atom. The molecule has 0 heterocycles. The standard InChI is InChI=1S/C39H44N2O6/c40-31-10-29(38-14-20-1-21(15-38)3-22(2-20)16-38)35(12-33(31)42)46-27-7-26(37(44)45)8-28(9-27)47-36-13-34(43)32(41)11-30(36)39-17-23-4-24(18-39)6-25(5-23)19-39/h7-13,20-25,42-43H,1-6,14-19,40-41H2,(H,44,45). The second-order valence-electron chi connectivity index (χ2n) is 16.4. The molecule has 8 saturated carbocycles. The molecule has 8 heteroatoms. The van der Waals surface area contributed by atoms with E-state index in [-0.39, 0.29) is 27.9 Å².